The van der Waals surface area contributed by atoms with E-state index < -0.39 is 0 Å². The molecule has 3 nitrogen and oxygen atoms in total. The summed E-state index contributed by atoms with van der Waals surface area (Å²) in [6, 6.07) is 6.34. The summed E-state index contributed by atoms with van der Waals surface area (Å²) < 4.78 is 6.13. The lowest BCUT2D eigenvalue weighted by molar-refractivity contribution is 0.268. The van der Waals surface area contributed by atoms with Crippen LogP contribution >= 0.6 is 15.9 Å². The highest BCUT2D eigenvalue weighted by atomic mass is 79.9. The molecule has 1 aromatic rings. The Labute approximate surface area is 105 Å². The van der Waals surface area contributed by atoms with Crippen LogP contribution in [0.3, 0.4) is 0 Å². The van der Waals surface area contributed by atoms with Crippen LogP contribution in [0.4, 0.5) is 0 Å². The number of benzene rings is 1. The van der Waals surface area contributed by atoms with Crippen LogP contribution in [0.5, 0.6) is 5.75 Å². The zero-order valence-electron chi connectivity index (χ0n) is 9.66. The summed E-state index contributed by atoms with van der Waals surface area (Å²) in [4.78, 5) is 0. The smallest absolute Gasteiger partial charge is 0.133 e. The number of aliphatic hydroxyl groups excluding tert-OH is 1. The second-order valence-corrected chi connectivity index (χ2v) is 4.62. The summed E-state index contributed by atoms with van der Waals surface area (Å²) >= 11 is 3.45. The van der Waals surface area contributed by atoms with Gasteiger partial charge in [0.2, 0.25) is 0 Å². The summed E-state index contributed by atoms with van der Waals surface area (Å²) in [6.07, 6.45) is 0.775. The Balaban J connectivity index is 2.51. The molecule has 90 valence electrons. The molecule has 0 aliphatic rings. The molecule has 0 aromatic heterocycles. The van der Waals surface area contributed by atoms with Crippen molar-refractivity contribution < 1.29 is 9.84 Å². The van der Waals surface area contributed by atoms with Gasteiger partial charge >= 0.3 is 0 Å². The van der Waals surface area contributed by atoms with Gasteiger partial charge in [-0.25, -0.2) is 0 Å². The summed E-state index contributed by atoms with van der Waals surface area (Å²) in [5.74, 6) is 0.840. The lowest BCUT2D eigenvalue weighted by Crippen LogP contribution is -2.26. The number of hydrogen-bond acceptors (Lipinski definition) is 3. The van der Waals surface area contributed by atoms with Crippen LogP contribution in [0.25, 0.3) is 0 Å². The molecule has 0 radical (unpaired) electrons. The van der Waals surface area contributed by atoms with Crippen LogP contribution in [-0.4, -0.2) is 24.9 Å². The van der Waals surface area contributed by atoms with E-state index in [2.05, 4.69) is 28.2 Å². The highest BCUT2D eigenvalue weighted by molar-refractivity contribution is 9.10. The van der Waals surface area contributed by atoms with E-state index in [0.717, 1.165) is 23.2 Å². The number of methoxy groups -OCH3 is 1. The Bertz CT molecular complexity index is 331. The minimum atomic E-state index is 0.223. The van der Waals surface area contributed by atoms with E-state index in [0.29, 0.717) is 6.04 Å². The quantitative estimate of drug-likeness (QED) is 0.844. The molecule has 0 saturated heterocycles. The molecule has 1 rings (SSSR count). The molecule has 4 heteroatoms. The number of halogens is 1. The van der Waals surface area contributed by atoms with Gasteiger partial charge in [0.15, 0.2) is 0 Å². The first kappa shape index (κ1) is 13.5. The van der Waals surface area contributed by atoms with Crippen LogP contribution in [-0.2, 0) is 6.54 Å². The summed E-state index contributed by atoms with van der Waals surface area (Å²) in [5, 5.41) is 12.1. The molecular weight excluding hydrogens is 270 g/mol. The highest BCUT2D eigenvalue weighted by Gasteiger charge is 2.03. The molecule has 1 unspecified atom stereocenters. The predicted octanol–water partition coefficient (Wildman–Crippen LogP) is 2.32. The van der Waals surface area contributed by atoms with Crippen LogP contribution in [0.2, 0.25) is 0 Å². The van der Waals surface area contributed by atoms with Crippen molar-refractivity contribution in [3.8, 4) is 5.75 Å². The lowest BCUT2D eigenvalue weighted by atomic mass is 10.2. The van der Waals surface area contributed by atoms with Gasteiger partial charge in [-0.1, -0.05) is 6.07 Å². The van der Waals surface area contributed by atoms with Crippen molar-refractivity contribution >= 4 is 15.9 Å². The maximum Gasteiger partial charge on any atom is 0.133 e. The van der Waals surface area contributed by atoms with Crippen molar-refractivity contribution in [1.82, 2.24) is 5.32 Å². The van der Waals surface area contributed by atoms with Crippen LogP contribution < -0.4 is 10.1 Å². The molecule has 1 aromatic carbocycles. The minimum Gasteiger partial charge on any atom is -0.496 e. The van der Waals surface area contributed by atoms with Crippen LogP contribution in [0, 0.1) is 0 Å². The standard InChI is InChI=1S/C12H18BrNO2/c1-9(5-6-15)14-8-10-3-4-12(16-2)11(13)7-10/h3-4,7,9,14-15H,5-6,8H2,1-2H3. The number of ether oxygens (including phenoxy) is 1. The van der Waals surface area contributed by atoms with Crippen molar-refractivity contribution in [3.05, 3.63) is 28.2 Å². The van der Waals surface area contributed by atoms with Gasteiger partial charge in [-0.3, -0.25) is 0 Å². The average molecular weight is 288 g/mol. The Morgan fingerprint density at radius 3 is 2.81 bits per heavy atom. The second kappa shape index (κ2) is 6.89. The monoisotopic (exact) mass is 287 g/mol. The number of rotatable bonds is 6. The Morgan fingerprint density at radius 2 is 2.25 bits per heavy atom. The van der Waals surface area contributed by atoms with Crippen LogP contribution in [0.1, 0.15) is 18.9 Å². The predicted molar refractivity (Wildman–Crippen MR) is 68.7 cm³/mol. The summed E-state index contributed by atoms with van der Waals surface area (Å²) in [5.41, 5.74) is 1.19. The molecular formula is C12H18BrNO2. The third-order valence-electron chi connectivity index (χ3n) is 2.43. The van der Waals surface area contributed by atoms with Crippen molar-refractivity contribution in [2.24, 2.45) is 0 Å². The third kappa shape index (κ3) is 4.12. The van der Waals surface area contributed by atoms with Gasteiger partial charge in [-0.15, -0.1) is 0 Å². The molecule has 0 aliphatic heterocycles. The fourth-order valence-electron chi connectivity index (χ4n) is 1.41. The first-order valence-electron chi connectivity index (χ1n) is 5.34. The van der Waals surface area contributed by atoms with Gasteiger partial charge in [0.05, 0.1) is 11.6 Å². The molecule has 0 heterocycles. The molecule has 0 fully saturated rings. The summed E-state index contributed by atoms with van der Waals surface area (Å²) in [6.45, 7) is 3.08. The normalized spacial score (nSPS) is 12.5. The topological polar surface area (TPSA) is 41.5 Å². The molecule has 2 N–H and O–H groups in total. The fourth-order valence-corrected chi connectivity index (χ4v) is 2.00. The molecule has 0 bridgehead atoms. The molecule has 16 heavy (non-hydrogen) atoms. The minimum absolute atomic E-state index is 0.223. The van der Waals surface area contributed by atoms with E-state index in [4.69, 9.17) is 9.84 Å². The van der Waals surface area contributed by atoms with E-state index in [9.17, 15) is 0 Å². The fraction of sp³-hybridized carbons (Fsp3) is 0.500. The third-order valence-corrected chi connectivity index (χ3v) is 3.05. The van der Waals surface area contributed by atoms with Gasteiger partial charge < -0.3 is 15.2 Å². The van der Waals surface area contributed by atoms with Crippen molar-refractivity contribution in [1.29, 1.82) is 0 Å². The van der Waals surface area contributed by atoms with E-state index in [1.807, 2.05) is 18.2 Å². The SMILES string of the molecule is COc1ccc(CNC(C)CCO)cc1Br. The van der Waals surface area contributed by atoms with Crippen molar-refractivity contribution in [3.63, 3.8) is 0 Å². The molecule has 0 spiro atoms. The van der Waals surface area contributed by atoms with Gasteiger partial charge in [0.25, 0.3) is 0 Å². The van der Waals surface area contributed by atoms with Gasteiger partial charge in [-0.2, -0.15) is 0 Å². The molecule has 0 aliphatic carbocycles. The zero-order chi connectivity index (χ0) is 12.0. The first-order chi connectivity index (χ1) is 7.67. The maximum absolute atomic E-state index is 8.78. The zero-order valence-corrected chi connectivity index (χ0v) is 11.3. The van der Waals surface area contributed by atoms with Gasteiger partial charge in [0.1, 0.15) is 5.75 Å². The largest absolute Gasteiger partial charge is 0.496 e. The van der Waals surface area contributed by atoms with Gasteiger partial charge in [0, 0.05) is 19.2 Å². The average Bonchev–Trinajstić information content (AvgIpc) is 2.27. The number of hydrogen-bond donors (Lipinski definition) is 2. The number of aliphatic hydroxyl groups is 1. The Hall–Kier alpha value is -0.580. The molecule has 1 atom stereocenters. The Kier molecular flexibility index (Phi) is 5.80. The second-order valence-electron chi connectivity index (χ2n) is 3.76. The highest BCUT2D eigenvalue weighted by Crippen LogP contribution is 2.25. The Morgan fingerprint density at radius 1 is 1.50 bits per heavy atom. The maximum atomic E-state index is 8.78. The molecule has 0 amide bonds. The van der Waals surface area contributed by atoms with Crippen molar-refractivity contribution in [2.45, 2.75) is 25.9 Å². The van der Waals surface area contributed by atoms with E-state index in [1.165, 1.54) is 5.56 Å². The van der Waals surface area contributed by atoms with Crippen LogP contribution in [0.15, 0.2) is 22.7 Å². The van der Waals surface area contributed by atoms with E-state index in [1.54, 1.807) is 7.11 Å². The van der Waals surface area contributed by atoms with E-state index in [-0.39, 0.29) is 6.61 Å². The lowest BCUT2D eigenvalue weighted by Gasteiger charge is -2.13. The van der Waals surface area contributed by atoms with E-state index >= 15 is 0 Å². The summed E-state index contributed by atoms with van der Waals surface area (Å²) in [7, 11) is 1.65. The van der Waals surface area contributed by atoms with Crippen molar-refractivity contribution in [2.75, 3.05) is 13.7 Å². The van der Waals surface area contributed by atoms with Gasteiger partial charge in [-0.05, 0) is 47.0 Å². The number of nitrogens with one attached hydrogen (secondary N) is 1. The first-order valence-corrected chi connectivity index (χ1v) is 6.13. The molecule has 0 saturated carbocycles.